The zero-order valence-electron chi connectivity index (χ0n) is 17.6. The lowest BCUT2D eigenvalue weighted by atomic mass is 9.97. The highest BCUT2D eigenvalue weighted by Gasteiger charge is 2.38. The highest BCUT2D eigenvalue weighted by molar-refractivity contribution is 7.93. The van der Waals surface area contributed by atoms with Gasteiger partial charge >= 0.3 is 0 Å². The normalized spacial score (nSPS) is 19.0. The van der Waals surface area contributed by atoms with Gasteiger partial charge in [0, 0.05) is 24.7 Å². The summed E-state index contributed by atoms with van der Waals surface area (Å²) in [6.07, 6.45) is 2.74. The minimum absolute atomic E-state index is 0.217. The third-order valence-electron chi connectivity index (χ3n) is 6.08. The highest BCUT2D eigenvalue weighted by atomic mass is 35.5. The van der Waals surface area contributed by atoms with Gasteiger partial charge in [0.15, 0.2) is 0 Å². The van der Waals surface area contributed by atoms with Gasteiger partial charge in [-0.25, -0.2) is 13.4 Å². The van der Waals surface area contributed by atoms with Crippen LogP contribution in [-0.4, -0.2) is 49.8 Å². The lowest BCUT2D eigenvalue weighted by Crippen LogP contribution is -2.48. The molecule has 1 fully saturated rings. The smallest absolute Gasteiger partial charge is 0.265 e. The molecule has 0 spiro atoms. The Hall–Kier alpha value is -3.17. The number of halogens is 1. The van der Waals surface area contributed by atoms with E-state index in [0.717, 1.165) is 5.39 Å². The van der Waals surface area contributed by atoms with Crippen LogP contribution in [0, 0.1) is 5.92 Å². The number of anilines is 2. The maximum Gasteiger partial charge on any atom is 0.265 e. The predicted octanol–water partition coefficient (Wildman–Crippen LogP) is 3.27. The first-order chi connectivity index (χ1) is 15.8. The molecule has 2 aliphatic heterocycles. The first kappa shape index (κ1) is 21.7. The molecule has 0 bridgehead atoms. The van der Waals surface area contributed by atoms with Crippen molar-refractivity contribution < 1.29 is 18.0 Å². The Balaban J connectivity index is 1.31. The van der Waals surface area contributed by atoms with Crippen LogP contribution in [0.2, 0.25) is 5.02 Å². The standard InChI is InChI=1S/C23H21ClN4O4S/c24-17-9-10-20(25-12-17)26-23(30)16-6-3-11-27(13-16)21(29)14-28-18-7-1-4-15-5-2-8-19(22(15)18)33(28,31)32/h1-2,4-5,7-10,12,16H,3,6,11,13-14H2,(H,25,26,30). The van der Waals surface area contributed by atoms with Gasteiger partial charge in [0.25, 0.3) is 10.0 Å². The molecular weight excluding hydrogens is 464 g/mol. The van der Waals surface area contributed by atoms with Crippen LogP contribution in [0.4, 0.5) is 11.5 Å². The maximum atomic E-state index is 13.2. The fraction of sp³-hybridized carbons (Fsp3) is 0.261. The third-order valence-corrected chi connectivity index (χ3v) is 8.11. The van der Waals surface area contributed by atoms with E-state index in [1.807, 2.05) is 12.1 Å². The van der Waals surface area contributed by atoms with Crippen LogP contribution in [0.1, 0.15) is 12.8 Å². The number of amides is 2. The molecule has 2 amide bonds. The summed E-state index contributed by atoms with van der Waals surface area (Å²) in [6, 6.07) is 13.7. The van der Waals surface area contributed by atoms with Crippen LogP contribution < -0.4 is 9.62 Å². The Labute approximate surface area is 196 Å². The van der Waals surface area contributed by atoms with E-state index in [0.29, 0.717) is 41.3 Å². The number of nitrogens with zero attached hydrogens (tertiary/aromatic N) is 3. The Morgan fingerprint density at radius 2 is 1.91 bits per heavy atom. The molecule has 33 heavy (non-hydrogen) atoms. The van der Waals surface area contributed by atoms with Crippen molar-refractivity contribution >= 4 is 55.7 Å². The maximum absolute atomic E-state index is 13.2. The van der Waals surface area contributed by atoms with Gasteiger partial charge in [-0.2, -0.15) is 0 Å². The summed E-state index contributed by atoms with van der Waals surface area (Å²) in [4.78, 5) is 31.7. The largest absolute Gasteiger partial charge is 0.340 e. The van der Waals surface area contributed by atoms with Gasteiger partial charge in [-0.1, -0.05) is 35.9 Å². The summed E-state index contributed by atoms with van der Waals surface area (Å²) in [5.41, 5.74) is 0.511. The lowest BCUT2D eigenvalue weighted by molar-refractivity contribution is -0.133. The zero-order valence-corrected chi connectivity index (χ0v) is 19.1. The van der Waals surface area contributed by atoms with Gasteiger partial charge in [-0.05, 0) is 42.5 Å². The molecule has 0 aliphatic carbocycles. The van der Waals surface area contributed by atoms with Crippen LogP contribution >= 0.6 is 11.6 Å². The van der Waals surface area contributed by atoms with Crippen molar-refractivity contribution in [3.63, 3.8) is 0 Å². The van der Waals surface area contributed by atoms with E-state index in [9.17, 15) is 18.0 Å². The van der Waals surface area contributed by atoms with Gasteiger partial charge in [0.2, 0.25) is 11.8 Å². The van der Waals surface area contributed by atoms with Crippen molar-refractivity contribution in [3.05, 3.63) is 59.8 Å². The van der Waals surface area contributed by atoms with Gasteiger partial charge in [-0.15, -0.1) is 0 Å². The number of hydrogen-bond acceptors (Lipinski definition) is 5. The molecule has 8 nitrogen and oxygen atoms in total. The molecule has 2 aromatic carbocycles. The minimum atomic E-state index is -3.82. The number of sulfonamides is 1. The van der Waals surface area contributed by atoms with E-state index in [-0.39, 0.29) is 29.8 Å². The molecule has 1 unspecified atom stereocenters. The molecule has 170 valence electrons. The average Bonchev–Trinajstić information content (AvgIpc) is 3.04. The summed E-state index contributed by atoms with van der Waals surface area (Å²) >= 11 is 5.83. The van der Waals surface area contributed by atoms with Crippen molar-refractivity contribution in [2.45, 2.75) is 17.7 Å². The van der Waals surface area contributed by atoms with Crippen LogP contribution in [0.5, 0.6) is 0 Å². The van der Waals surface area contributed by atoms with Gasteiger partial charge < -0.3 is 10.2 Å². The van der Waals surface area contributed by atoms with Crippen LogP contribution in [0.25, 0.3) is 10.8 Å². The number of aromatic nitrogens is 1. The van der Waals surface area contributed by atoms with Gasteiger partial charge in [0.05, 0.1) is 21.5 Å². The molecule has 1 saturated heterocycles. The molecule has 1 aromatic heterocycles. The number of nitrogens with one attached hydrogen (secondary N) is 1. The second-order valence-corrected chi connectivity index (χ2v) is 10.4. The second-order valence-electron chi connectivity index (χ2n) is 8.17. The summed E-state index contributed by atoms with van der Waals surface area (Å²) in [5, 5.41) is 4.68. The summed E-state index contributed by atoms with van der Waals surface area (Å²) in [5.74, 6) is -0.573. The number of likely N-dealkylation sites (tertiary alicyclic amines) is 1. The molecule has 5 rings (SSSR count). The molecule has 3 aromatic rings. The van der Waals surface area contributed by atoms with E-state index in [4.69, 9.17) is 11.6 Å². The van der Waals surface area contributed by atoms with Crippen molar-refractivity contribution in [2.24, 2.45) is 5.92 Å². The number of benzene rings is 2. The number of carbonyl (C=O) groups excluding carboxylic acids is 2. The minimum Gasteiger partial charge on any atom is -0.340 e. The van der Waals surface area contributed by atoms with Crippen molar-refractivity contribution in [3.8, 4) is 0 Å². The topological polar surface area (TPSA) is 99.7 Å². The van der Waals surface area contributed by atoms with E-state index >= 15 is 0 Å². The molecule has 3 heterocycles. The summed E-state index contributed by atoms with van der Waals surface area (Å²) < 4.78 is 27.5. The summed E-state index contributed by atoms with van der Waals surface area (Å²) in [7, 11) is -3.82. The van der Waals surface area contributed by atoms with E-state index in [2.05, 4.69) is 10.3 Å². The number of pyridine rings is 1. The second kappa shape index (κ2) is 8.31. The number of carbonyl (C=O) groups is 2. The van der Waals surface area contributed by atoms with E-state index in [1.165, 1.54) is 10.5 Å². The van der Waals surface area contributed by atoms with Crippen molar-refractivity contribution in [1.82, 2.24) is 9.88 Å². The molecule has 2 aliphatic rings. The van der Waals surface area contributed by atoms with Crippen molar-refractivity contribution in [2.75, 3.05) is 29.3 Å². The molecule has 10 heteroatoms. The van der Waals surface area contributed by atoms with Gasteiger partial charge in [-0.3, -0.25) is 13.9 Å². The van der Waals surface area contributed by atoms with Crippen LogP contribution in [0.3, 0.4) is 0 Å². The third kappa shape index (κ3) is 3.91. The van der Waals surface area contributed by atoms with Gasteiger partial charge in [0.1, 0.15) is 12.4 Å². The molecular formula is C23H21ClN4O4S. The first-order valence-electron chi connectivity index (χ1n) is 10.6. The Bertz CT molecular complexity index is 1360. The number of rotatable bonds is 4. The van der Waals surface area contributed by atoms with Crippen LogP contribution in [0.15, 0.2) is 59.6 Å². The fourth-order valence-corrected chi connectivity index (χ4v) is 6.22. The quantitative estimate of drug-likeness (QED) is 0.612. The average molecular weight is 485 g/mol. The molecule has 1 atom stereocenters. The first-order valence-corrected chi connectivity index (χ1v) is 12.4. The number of hydrogen-bond donors (Lipinski definition) is 1. The predicted molar refractivity (Wildman–Crippen MR) is 126 cm³/mol. The molecule has 1 N–H and O–H groups in total. The van der Waals surface area contributed by atoms with Crippen molar-refractivity contribution in [1.29, 1.82) is 0 Å². The SMILES string of the molecule is O=C(Nc1ccc(Cl)cn1)C1CCCN(C(=O)CN2c3cccc4cccc(c34)S2(=O)=O)C1. The monoisotopic (exact) mass is 484 g/mol. The van der Waals surface area contributed by atoms with E-state index < -0.39 is 15.9 Å². The molecule has 0 radical (unpaired) electrons. The highest BCUT2D eigenvalue weighted by Crippen LogP contribution is 2.41. The lowest BCUT2D eigenvalue weighted by Gasteiger charge is -2.33. The summed E-state index contributed by atoms with van der Waals surface area (Å²) in [6.45, 7) is 0.402. The Morgan fingerprint density at radius 1 is 1.12 bits per heavy atom. The van der Waals surface area contributed by atoms with E-state index in [1.54, 1.807) is 41.3 Å². The Kier molecular flexibility index (Phi) is 5.46. The Morgan fingerprint density at radius 3 is 2.67 bits per heavy atom. The zero-order chi connectivity index (χ0) is 23.2. The molecule has 0 saturated carbocycles. The number of piperidine rings is 1. The fourth-order valence-electron chi connectivity index (χ4n) is 4.45. The van der Waals surface area contributed by atoms with Crippen LogP contribution in [-0.2, 0) is 19.6 Å².